The quantitative estimate of drug-likeness (QED) is 0.787. The normalized spacial score (nSPS) is 10.1. The van der Waals surface area contributed by atoms with Gasteiger partial charge in [0.2, 0.25) is 0 Å². The van der Waals surface area contributed by atoms with Crippen molar-refractivity contribution in [2.75, 3.05) is 7.11 Å². The van der Waals surface area contributed by atoms with Crippen LogP contribution in [0.3, 0.4) is 0 Å². The van der Waals surface area contributed by atoms with Crippen LogP contribution < -0.4 is 9.47 Å². The van der Waals surface area contributed by atoms with Crippen LogP contribution in [0.2, 0.25) is 0 Å². The highest BCUT2D eigenvalue weighted by Crippen LogP contribution is 2.26. The molecule has 0 amide bonds. The fraction of sp³-hybridized carbons (Fsp3) is 0.200. The topological polar surface area (TPSA) is 18.5 Å². The van der Waals surface area contributed by atoms with E-state index in [9.17, 15) is 0 Å². The summed E-state index contributed by atoms with van der Waals surface area (Å²) in [6.07, 6.45) is 0. The molecule has 0 atom stereocenters. The van der Waals surface area contributed by atoms with Crippen molar-refractivity contribution < 1.29 is 9.47 Å². The molecule has 0 heterocycles. The lowest BCUT2D eigenvalue weighted by Crippen LogP contribution is -1.88. The van der Waals surface area contributed by atoms with E-state index in [4.69, 9.17) is 9.47 Å². The van der Waals surface area contributed by atoms with Crippen LogP contribution in [-0.4, -0.2) is 7.11 Å². The van der Waals surface area contributed by atoms with E-state index < -0.39 is 0 Å². The van der Waals surface area contributed by atoms with Gasteiger partial charge in [0.25, 0.3) is 0 Å². The molecule has 2 nitrogen and oxygen atoms in total. The van der Waals surface area contributed by atoms with Gasteiger partial charge < -0.3 is 9.47 Å². The number of rotatable bonds is 3. The first-order chi connectivity index (χ1) is 8.19. The molecule has 88 valence electrons. The largest absolute Gasteiger partial charge is 0.497 e. The maximum atomic E-state index is 5.78. The minimum Gasteiger partial charge on any atom is -0.497 e. The summed E-state index contributed by atoms with van der Waals surface area (Å²) in [5, 5.41) is 0. The predicted octanol–water partition coefficient (Wildman–Crippen LogP) is 4.10. The van der Waals surface area contributed by atoms with E-state index in [0.29, 0.717) is 0 Å². The number of hydrogen-bond donors (Lipinski definition) is 0. The Balaban J connectivity index is 2.22. The van der Waals surface area contributed by atoms with E-state index in [2.05, 4.69) is 19.9 Å². The molecule has 0 unspecified atom stereocenters. The molecule has 0 aliphatic heterocycles. The molecule has 0 fully saturated rings. The summed E-state index contributed by atoms with van der Waals surface area (Å²) in [5.74, 6) is 2.43. The predicted molar refractivity (Wildman–Crippen MR) is 69.0 cm³/mol. The molecule has 0 aliphatic rings. The van der Waals surface area contributed by atoms with Crippen LogP contribution in [-0.2, 0) is 0 Å². The van der Waals surface area contributed by atoms with Crippen LogP contribution >= 0.6 is 0 Å². The minimum atomic E-state index is 0.785. The van der Waals surface area contributed by atoms with Crippen LogP contribution in [0.25, 0.3) is 0 Å². The molecule has 0 bridgehead atoms. The van der Waals surface area contributed by atoms with Gasteiger partial charge in [0.15, 0.2) is 0 Å². The molecule has 0 saturated heterocycles. The Morgan fingerprint density at radius 3 is 2.18 bits per heavy atom. The van der Waals surface area contributed by atoms with E-state index in [1.807, 2.05) is 36.4 Å². The van der Waals surface area contributed by atoms with Crippen molar-refractivity contribution in [2.45, 2.75) is 13.8 Å². The number of methoxy groups -OCH3 is 1. The first kappa shape index (κ1) is 11.5. The van der Waals surface area contributed by atoms with Crippen LogP contribution in [0.5, 0.6) is 17.2 Å². The Kier molecular flexibility index (Phi) is 3.33. The summed E-state index contributed by atoms with van der Waals surface area (Å²) < 4.78 is 10.9. The van der Waals surface area contributed by atoms with Gasteiger partial charge in [-0.1, -0.05) is 12.1 Å². The highest BCUT2D eigenvalue weighted by atomic mass is 16.5. The van der Waals surface area contributed by atoms with Crippen molar-refractivity contribution in [1.82, 2.24) is 0 Å². The zero-order valence-corrected chi connectivity index (χ0v) is 10.4. The summed E-state index contributed by atoms with van der Waals surface area (Å²) in [4.78, 5) is 0. The Bertz CT molecular complexity index is 518. The van der Waals surface area contributed by atoms with Gasteiger partial charge in [-0.2, -0.15) is 0 Å². The smallest absolute Gasteiger partial charge is 0.131 e. The third-order valence-electron chi connectivity index (χ3n) is 2.76. The van der Waals surface area contributed by atoms with Gasteiger partial charge in [0.1, 0.15) is 17.2 Å². The fourth-order valence-electron chi connectivity index (χ4n) is 1.58. The Hall–Kier alpha value is -1.96. The molecule has 0 N–H and O–H groups in total. The second kappa shape index (κ2) is 4.91. The van der Waals surface area contributed by atoms with Gasteiger partial charge in [-0.05, 0) is 49.2 Å². The highest BCUT2D eigenvalue weighted by Gasteiger charge is 2.00. The molecule has 2 heteroatoms. The average molecular weight is 228 g/mol. The Morgan fingerprint density at radius 2 is 1.47 bits per heavy atom. The first-order valence-electron chi connectivity index (χ1n) is 5.58. The van der Waals surface area contributed by atoms with Crippen molar-refractivity contribution in [1.29, 1.82) is 0 Å². The first-order valence-corrected chi connectivity index (χ1v) is 5.58. The lowest BCUT2D eigenvalue weighted by atomic mass is 10.1. The Morgan fingerprint density at radius 1 is 0.765 bits per heavy atom. The van der Waals surface area contributed by atoms with E-state index >= 15 is 0 Å². The van der Waals surface area contributed by atoms with Crippen molar-refractivity contribution in [3.8, 4) is 17.2 Å². The molecule has 2 rings (SSSR count). The number of hydrogen-bond acceptors (Lipinski definition) is 2. The van der Waals surface area contributed by atoms with Crippen LogP contribution in [0.4, 0.5) is 0 Å². The molecule has 17 heavy (non-hydrogen) atoms. The zero-order valence-electron chi connectivity index (χ0n) is 10.4. The molecular formula is C15H16O2. The summed E-state index contributed by atoms with van der Waals surface area (Å²) >= 11 is 0. The van der Waals surface area contributed by atoms with Crippen LogP contribution in [0, 0.1) is 13.8 Å². The highest BCUT2D eigenvalue weighted by molar-refractivity contribution is 5.39. The van der Waals surface area contributed by atoms with Crippen molar-refractivity contribution in [3.05, 3.63) is 53.6 Å². The fourth-order valence-corrected chi connectivity index (χ4v) is 1.58. The molecule has 0 aliphatic carbocycles. The third kappa shape index (κ3) is 2.78. The van der Waals surface area contributed by atoms with Crippen LogP contribution in [0.1, 0.15) is 11.1 Å². The molecule has 0 saturated carbocycles. The number of benzene rings is 2. The second-order valence-corrected chi connectivity index (χ2v) is 4.03. The summed E-state index contributed by atoms with van der Waals surface area (Å²) in [6, 6.07) is 13.7. The van der Waals surface area contributed by atoms with E-state index in [1.54, 1.807) is 7.11 Å². The van der Waals surface area contributed by atoms with Gasteiger partial charge >= 0.3 is 0 Å². The molecular weight excluding hydrogens is 212 g/mol. The van der Waals surface area contributed by atoms with Gasteiger partial charge in [0.05, 0.1) is 7.11 Å². The van der Waals surface area contributed by atoms with Crippen molar-refractivity contribution in [2.24, 2.45) is 0 Å². The van der Waals surface area contributed by atoms with Gasteiger partial charge in [-0.3, -0.25) is 0 Å². The maximum Gasteiger partial charge on any atom is 0.131 e. The molecule has 0 spiro atoms. The lowest BCUT2D eigenvalue weighted by Gasteiger charge is -2.08. The van der Waals surface area contributed by atoms with E-state index in [-0.39, 0.29) is 0 Å². The molecule has 0 radical (unpaired) electrons. The van der Waals surface area contributed by atoms with Crippen molar-refractivity contribution >= 4 is 0 Å². The summed E-state index contributed by atoms with van der Waals surface area (Å²) in [5.41, 5.74) is 2.49. The zero-order chi connectivity index (χ0) is 12.3. The average Bonchev–Trinajstić information content (AvgIpc) is 2.34. The lowest BCUT2D eigenvalue weighted by molar-refractivity contribution is 0.409. The molecule has 2 aromatic rings. The SMILES string of the molecule is COc1cccc(Oc2ccc(C)c(C)c2)c1. The van der Waals surface area contributed by atoms with Gasteiger partial charge in [-0.15, -0.1) is 0 Å². The van der Waals surface area contributed by atoms with E-state index in [1.165, 1.54) is 11.1 Å². The Labute approximate surface area is 102 Å². The monoisotopic (exact) mass is 228 g/mol. The van der Waals surface area contributed by atoms with Crippen LogP contribution in [0.15, 0.2) is 42.5 Å². The molecule has 2 aromatic carbocycles. The maximum absolute atomic E-state index is 5.78. The standard InChI is InChI=1S/C15H16O2/c1-11-7-8-15(9-12(11)2)17-14-6-4-5-13(10-14)16-3/h4-10H,1-3H3. The number of aryl methyl sites for hydroxylation is 2. The molecule has 0 aromatic heterocycles. The summed E-state index contributed by atoms with van der Waals surface area (Å²) in [6.45, 7) is 4.17. The number of ether oxygens (including phenoxy) is 2. The van der Waals surface area contributed by atoms with Gasteiger partial charge in [0, 0.05) is 6.07 Å². The third-order valence-corrected chi connectivity index (χ3v) is 2.76. The summed E-state index contributed by atoms with van der Waals surface area (Å²) in [7, 11) is 1.65. The van der Waals surface area contributed by atoms with Crippen molar-refractivity contribution in [3.63, 3.8) is 0 Å². The second-order valence-electron chi connectivity index (χ2n) is 4.03. The minimum absolute atomic E-state index is 0.785. The van der Waals surface area contributed by atoms with E-state index in [0.717, 1.165) is 17.2 Å². The van der Waals surface area contributed by atoms with Gasteiger partial charge in [-0.25, -0.2) is 0 Å².